The number of nitrogens with zero attached hydrogens (tertiary/aromatic N) is 1. The number of unbranched alkanes of at least 4 members (excludes halogenated alkanes) is 1. The van der Waals surface area contributed by atoms with Gasteiger partial charge in [0.05, 0.1) is 6.54 Å². The van der Waals surface area contributed by atoms with Crippen LogP contribution in [0.3, 0.4) is 0 Å². The van der Waals surface area contributed by atoms with Crippen LogP contribution in [0, 0.1) is 6.92 Å². The topological polar surface area (TPSA) is 58.6 Å². The smallest absolute Gasteiger partial charge is 0.325 e. The van der Waals surface area contributed by atoms with Crippen molar-refractivity contribution in [2.75, 3.05) is 13.2 Å². The van der Waals surface area contributed by atoms with Gasteiger partial charge in [0, 0.05) is 0 Å². The molecule has 5 nitrogen and oxygen atoms in total. The first-order valence-corrected chi connectivity index (χ1v) is 9.46. The second kappa shape index (κ2) is 8.25. The third-order valence-electron chi connectivity index (χ3n) is 4.95. The fourth-order valence-corrected chi connectivity index (χ4v) is 3.39. The number of carbonyl (C=O) groups is 2. The Hall–Kier alpha value is -2.82. The van der Waals surface area contributed by atoms with Crippen molar-refractivity contribution in [2.45, 2.75) is 38.6 Å². The Kier molecular flexibility index (Phi) is 5.79. The minimum Gasteiger partial charge on any atom is -0.492 e. The molecule has 0 aromatic heterocycles. The second-order valence-corrected chi connectivity index (χ2v) is 6.92. The van der Waals surface area contributed by atoms with Crippen LogP contribution in [0.4, 0.5) is 4.79 Å². The van der Waals surface area contributed by atoms with Gasteiger partial charge in [-0.2, -0.15) is 0 Å². The van der Waals surface area contributed by atoms with Crippen LogP contribution in [-0.2, 0) is 10.3 Å². The Morgan fingerprint density at radius 1 is 1.04 bits per heavy atom. The van der Waals surface area contributed by atoms with Crippen molar-refractivity contribution in [3.8, 4) is 5.75 Å². The summed E-state index contributed by atoms with van der Waals surface area (Å²) in [5.41, 5.74) is 1.01. The molecule has 1 aliphatic rings. The van der Waals surface area contributed by atoms with E-state index in [4.69, 9.17) is 4.74 Å². The Morgan fingerprint density at radius 3 is 2.41 bits per heavy atom. The van der Waals surface area contributed by atoms with E-state index in [1.165, 1.54) is 4.90 Å². The van der Waals surface area contributed by atoms with Crippen LogP contribution in [0.15, 0.2) is 54.6 Å². The average Bonchev–Trinajstić information content (AvgIpc) is 2.93. The third-order valence-corrected chi connectivity index (χ3v) is 4.95. The zero-order valence-corrected chi connectivity index (χ0v) is 15.9. The van der Waals surface area contributed by atoms with Gasteiger partial charge in [-0.25, -0.2) is 4.79 Å². The molecule has 3 amide bonds. The Morgan fingerprint density at radius 2 is 1.74 bits per heavy atom. The van der Waals surface area contributed by atoms with E-state index in [2.05, 4.69) is 12.2 Å². The van der Waals surface area contributed by atoms with Crippen LogP contribution in [0.25, 0.3) is 0 Å². The van der Waals surface area contributed by atoms with Gasteiger partial charge in [-0.3, -0.25) is 9.69 Å². The maximum Gasteiger partial charge on any atom is 0.325 e. The van der Waals surface area contributed by atoms with Gasteiger partial charge in [0.1, 0.15) is 17.9 Å². The fourth-order valence-electron chi connectivity index (χ4n) is 3.39. The molecular formula is C22H26N2O3. The van der Waals surface area contributed by atoms with E-state index >= 15 is 0 Å². The molecule has 2 aromatic rings. The predicted molar refractivity (Wildman–Crippen MR) is 105 cm³/mol. The third kappa shape index (κ3) is 3.97. The Labute approximate surface area is 160 Å². The highest BCUT2D eigenvalue weighted by atomic mass is 16.5. The maximum absolute atomic E-state index is 13.2. The number of ether oxygens (including phenoxy) is 1. The summed E-state index contributed by atoms with van der Waals surface area (Å²) in [6, 6.07) is 16.9. The summed E-state index contributed by atoms with van der Waals surface area (Å²) in [6.07, 6.45) is 2.40. The lowest BCUT2D eigenvalue weighted by atomic mass is 9.85. The summed E-state index contributed by atoms with van der Waals surface area (Å²) >= 11 is 0. The second-order valence-electron chi connectivity index (χ2n) is 6.92. The molecule has 1 saturated heterocycles. The van der Waals surface area contributed by atoms with E-state index in [0.717, 1.165) is 29.7 Å². The van der Waals surface area contributed by atoms with Gasteiger partial charge in [0.25, 0.3) is 5.91 Å². The van der Waals surface area contributed by atoms with Crippen LogP contribution < -0.4 is 10.1 Å². The summed E-state index contributed by atoms with van der Waals surface area (Å²) in [7, 11) is 0. The number of aryl methyl sites for hydroxylation is 1. The molecule has 0 saturated carbocycles. The molecule has 3 rings (SSSR count). The largest absolute Gasteiger partial charge is 0.492 e. The molecule has 1 N–H and O–H groups in total. The van der Waals surface area contributed by atoms with Gasteiger partial charge in [-0.1, -0.05) is 67.8 Å². The average molecular weight is 366 g/mol. The molecule has 142 valence electrons. The van der Waals surface area contributed by atoms with Crippen LogP contribution in [0.1, 0.15) is 37.3 Å². The van der Waals surface area contributed by atoms with Crippen molar-refractivity contribution < 1.29 is 14.3 Å². The fraction of sp³-hybridized carbons (Fsp3) is 0.364. The minimum absolute atomic E-state index is 0.195. The predicted octanol–water partition coefficient (Wildman–Crippen LogP) is 4.01. The molecule has 1 fully saturated rings. The number of amides is 3. The van der Waals surface area contributed by atoms with Crippen molar-refractivity contribution in [3.05, 3.63) is 65.7 Å². The molecule has 0 bridgehead atoms. The van der Waals surface area contributed by atoms with Gasteiger partial charge in [-0.15, -0.1) is 0 Å². The van der Waals surface area contributed by atoms with Crippen LogP contribution in [0.5, 0.6) is 5.75 Å². The van der Waals surface area contributed by atoms with Gasteiger partial charge in [0.15, 0.2) is 0 Å². The summed E-state index contributed by atoms with van der Waals surface area (Å²) in [5.74, 6) is 0.535. The van der Waals surface area contributed by atoms with Gasteiger partial charge >= 0.3 is 6.03 Å². The van der Waals surface area contributed by atoms with Crippen molar-refractivity contribution in [1.82, 2.24) is 10.2 Å². The normalized spacial score (nSPS) is 19.3. The van der Waals surface area contributed by atoms with E-state index < -0.39 is 5.54 Å². The highest BCUT2D eigenvalue weighted by Gasteiger charge is 2.51. The Balaban J connectivity index is 1.72. The molecule has 0 aliphatic carbocycles. The van der Waals surface area contributed by atoms with E-state index in [9.17, 15) is 9.59 Å². The first kappa shape index (κ1) is 19.0. The summed E-state index contributed by atoms with van der Waals surface area (Å²) in [5, 5.41) is 2.96. The van der Waals surface area contributed by atoms with Crippen molar-refractivity contribution >= 4 is 11.9 Å². The molecule has 1 aliphatic heterocycles. The SMILES string of the molecule is CCCCC1(c2ccccc2)NC(=O)N(CCOc2ccc(C)cc2)C1=O. The minimum atomic E-state index is -0.974. The number of rotatable bonds is 8. The summed E-state index contributed by atoms with van der Waals surface area (Å²) < 4.78 is 5.70. The van der Waals surface area contributed by atoms with Crippen molar-refractivity contribution in [3.63, 3.8) is 0 Å². The van der Waals surface area contributed by atoms with Crippen molar-refractivity contribution in [2.24, 2.45) is 0 Å². The molecule has 2 aromatic carbocycles. The maximum atomic E-state index is 13.2. The van der Waals surface area contributed by atoms with Crippen LogP contribution in [0.2, 0.25) is 0 Å². The zero-order valence-electron chi connectivity index (χ0n) is 15.9. The van der Waals surface area contributed by atoms with E-state index in [1.54, 1.807) is 0 Å². The highest BCUT2D eigenvalue weighted by molar-refractivity contribution is 6.07. The monoisotopic (exact) mass is 366 g/mol. The van der Waals surface area contributed by atoms with Crippen LogP contribution >= 0.6 is 0 Å². The number of hydrogen-bond donors (Lipinski definition) is 1. The zero-order chi connectivity index (χ0) is 19.3. The first-order valence-electron chi connectivity index (χ1n) is 9.46. The van der Waals surface area contributed by atoms with E-state index in [-0.39, 0.29) is 25.1 Å². The van der Waals surface area contributed by atoms with Crippen LogP contribution in [-0.4, -0.2) is 30.0 Å². The highest BCUT2D eigenvalue weighted by Crippen LogP contribution is 2.34. The summed E-state index contributed by atoms with van der Waals surface area (Å²) in [6.45, 7) is 4.57. The van der Waals surface area contributed by atoms with Gasteiger partial charge in [-0.05, 0) is 31.0 Å². The number of nitrogens with one attached hydrogen (secondary N) is 1. The first-order chi connectivity index (χ1) is 13.1. The summed E-state index contributed by atoms with van der Waals surface area (Å²) in [4.78, 5) is 27.1. The lowest BCUT2D eigenvalue weighted by Crippen LogP contribution is -2.44. The molecule has 0 spiro atoms. The standard InChI is InChI=1S/C22H26N2O3/c1-3-4-14-22(18-8-6-5-7-9-18)20(25)24(21(26)23-22)15-16-27-19-12-10-17(2)11-13-19/h5-13H,3-4,14-16H2,1-2H3,(H,23,26). The molecule has 27 heavy (non-hydrogen) atoms. The number of carbonyl (C=O) groups excluding carboxylic acids is 2. The van der Waals surface area contributed by atoms with Gasteiger partial charge < -0.3 is 10.1 Å². The lowest BCUT2D eigenvalue weighted by Gasteiger charge is -2.27. The number of urea groups is 1. The lowest BCUT2D eigenvalue weighted by molar-refractivity contribution is -0.132. The Bertz CT molecular complexity index is 789. The van der Waals surface area contributed by atoms with E-state index in [0.29, 0.717) is 6.42 Å². The number of hydrogen-bond acceptors (Lipinski definition) is 3. The molecule has 1 unspecified atom stereocenters. The molecular weight excluding hydrogens is 340 g/mol. The quantitative estimate of drug-likeness (QED) is 0.718. The van der Waals surface area contributed by atoms with E-state index in [1.807, 2.05) is 61.5 Å². The number of imide groups is 1. The molecule has 0 radical (unpaired) electrons. The molecule has 1 atom stereocenters. The molecule has 1 heterocycles. The van der Waals surface area contributed by atoms with Crippen molar-refractivity contribution in [1.29, 1.82) is 0 Å². The molecule has 5 heteroatoms. The van der Waals surface area contributed by atoms with Gasteiger partial charge in [0.2, 0.25) is 0 Å². The number of benzene rings is 2.